The summed E-state index contributed by atoms with van der Waals surface area (Å²) in [5.41, 5.74) is 1.65. The number of carbonyl (C=O) groups is 1. The van der Waals surface area contributed by atoms with Crippen molar-refractivity contribution in [3.05, 3.63) is 40.2 Å². The zero-order valence-corrected chi connectivity index (χ0v) is 13.4. The molecule has 4 nitrogen and oxygen atoms in total. The van der Waals surface area contributed by atoms with Crippen LogP contribution in [0.2, 0.25) is 0 Å². The third-order valence-corrected chi connectivity index (χ3v) is 3.51. The maximum absolute atomic E-state index is 12.1. The molecule has 1 amide bonds. The van der Waals surface area contributed by atoms with Gasteiger partial charge in [0.2, 0.25) is 5.91 Å². The number of carbonyl (C=O) groups excluding carboxylic acids is 1. The Morgan fingerprint density at radius 1 is 1.32 bits per heavy atom. The fourth-order valence-corrected chi connectivity index (χ4v) is 2.20. The van der Waals surface area contributed by atoms with Crippen LogP contribution >= 0.6 is 0 Å². The van der Waals surface area contributed by atoms with Crippen molar-refractivity contribution in [3.8, 4) is 12.3 Å². The van der Waals surface area contributed by atoms with Gasteiger partial charge in [-0.15, -0.1) is 6.42 Å². The van der Waals surface area contributed by atoms with Crippen LogP contribution in [0.25, 0.3) is 10.9 Å². The molecule has 0 saturated carbocycles. The van der Waals surface area contributed by atoms with Crippen molar-refractivity contribution in [3.63, 3.8) is 0 Å². The fraction of sp³-hybridized carbons (Fsp3) is 0.333. The first kappa shape index (κ1) is 15.8. The topological polar surface area (TPSA) is 51.1 Å². The molecule has 2 rings (SSSR count). The highest BCUT2D eigenvalue weighted by Crippen LogP contribution is 2.23. The third-order valence-electron chi connectivity index (χ3n) is 3.51. The van der Waals surface area contributed by atoms with Crippen molar-refractivity contribution < 1.29 is 4.79 Å². The van der Waals surface area contributed by atoms with Crippen molar-refractivity contribution in [2.45, 2.75) is 34.2 Å². The second kappa shape index (κ2) is 5.69. The molecule has 1 aromatic heterocycles. The van der Waals surface area contributed by atoms with Gasteiger partial charge in [-0.1, -0.05) is 32.8 Å². The highest BCUT2D eigenvalue weighted by atomic mass is 16.2. The molecule has 0 aliphatic carbocycles. The SMILES string of the molecule is C#CCn1c(=O)cc(C)c2ccc(NC(=O)C(C)(C)C)cc21. The zero-order chi connectivity index (χ0) is 16.5. The average Bonchev–Trinajstić information content (AvgIpc) is 2.42. The maximum Gasteiger partial charge on any atom is 0.252 e. The Morgan fingerprint density at radius 2 is 2.00 bits per heavy atom. The Balaban J connectivity index is 2.58. The highest BCUT2D eigenvalue weighted by Gasteiger charge is 2.21. The molecule has 0 spiro atoms. The Labute approximate surface area is 130 Å². The summed E-state index contributed by atoms with van der Waals surface area (Å²) in [6.45, 7) is 7.63. The van der Waals surface area contributed by atoms with Gasteiger partial charge in [-0.3, -0.25) is 14.2 Å². The first-order chi connectivity index (χ1) is 10.2. The van der Waals surface area contributed by atoms with Gasteiger partial charge < -0.3 is 5.32 Å². The minimum atomic E-state index is -0.486. The lowest BCUT2D eigenvalue weighted by Crippen LogP contribution is -2.27. The van der Waals surface area contributed by atoms with Crippen LogP contribution in [0.15, 0.2) is 29.1 Å². The van der Waals surface area contributed by atoms with Gasteiger partial charge in [0.15, 0.2) is 0 Å². The highest BCUT2D eigenvalue weighted by molar-refractivity contribution is 5.96. The van der Waals surface area contributed by atoms with Gasteiger partial charge >= 0.3 is 0 Å². The summed E-state index contributed by atoms with van der Waals surface area (Å²) in [5, 5.41) is 3.82. The minimum Gasteiger partial charge on any atom is -0.326 e. The number of amides is 1. The van der Waals surface area contributed by atoms with Crippen LogP contribution < -0.4 is 10.9 Å². The number of terminal acetylenes is 1. The van der Waals surface area contributed by atoms with Gasteiger partial charge in [0.1, 0.15) is 0 Å². The molecule has 22 heavy (non-hydrogen) atoms. The molecule has 0 fully saturated rings. The summed E-state index contributed by atoms with van der Waals surface area (Å²) in [6, 6.07) is 7.11. The number of anilines is 1. The number of nitrogens with zero attached hydrogens (tertiary/aromatic N) is 1. The van der Waals surface area contributed by atoms with Gasteiger partial charge in [-0.05, 0) is 24.6 Å². The zero-order valence-electron chi connectivity index (χ0n) is 13.4. The van der Waals surface area contributed by atoms with E-state index in [1.807, 2.05) is 39.8 Å². The first-order valence-electron chi connectivity index (χ1n) is 7.13. The summed E-state index contributed by atoms with van der Waals surface area (Å²) in [7, 11) is 0. The van der Waals surface area contributed by atoms with Crippen LogP contribution in [0.5, 0.6) is 0 Å². The van der Waals surface area contributed by atoms with Crippen LogP contribution in [0.3, 0.4) is 0 Å². The number of fused-ring (bicyclic) bond motifs is 1. The third kappa shape index (κ3) is 3.04. The van der Waals surface area contributed by atoms with Crippen LogP contribution in [0, 0.1) is 24.7 Å². The second-order valence-electron chi connectivity index (χ2n) is 6.39. The molecule has 1 heterocycles. The summed E-state index contributed by atoms with van der Waals surface area (Å²) >= 11 is 0. The van der Waals surface area contributed by atoms with Crippen LogP contribution in [-0.2, 0) is 11.3 Å². The number of hydrogen-bond acceptors (Lipinski definition) is 2. The number of aryl methyl sites for hydroxylation is 1. The van der Waals surface area contributed by atoms with E-state index in [-0.39, 0.29) is 18.0 Å². The lowest BCUT2D eigenvalue weighted by Gasteiger charge is -2.18. The molecule has 0 radical (unpaired) electrons. The molecule has 1 N–H and O–H groups in total. The van der Waals surface area contributed by atoms with Gasteiger partial charge in [0.25, 0.3) is 5.56 Å². The van der Waals surface area contributed by atoms with Crippen LogP contribution in [-0.4, -0.2) is 10.5 Å². The lowest BCUT2D eigenvalue weighted by molar-refractivity contribution is -0.123. The molecule has 2 aromatic rings. The van der Waals surface area contributed by atoms with Crippen LogP contribution in [0.1, 0.15) is 26.3 Å². The molecule has 0 aliphatic rings. The fourth-order valence-electron chi connectivity index (χ4n) is 2.20. The van der Waals surface area contributed by atoms with Gasteiger partial charge in [0, 0.05) is 22.6 Å². The Bertz CT molecular complexity index is 833. The molecule has 1 aromatic carbocycles. The number of hydrogen-bond donors (Lipinski definition) is 1. The van der Waals surface area contributed by atoms with E-state index in [1.54, 1.807) is 12.1 Å². The number of nitrogens with one attached hydrogen (secondary N) is 1. The van der Waals surface area contributed by atoms with E-state index in [9.17, 15) is 9.59 Å². The van der Waals surface area contributed by atoms with Gasteiger partial charge in [-0.25, -0.2) is 0 Å². The molecule has 0 atom stereocenters. The van der Waals surface area contributed by atoms with Crippen LogP contribution in [0.4, 0.5) is 5.69 Å². The quantitative estimate of drug-likeness (QED) is 0.866. The van der Waals surface area contributed by atoms with Gasteiger partial charge in [-0.2, -0.15) is 0 Å². The molecule has 0 aliphatic heterocycles. The monoisotopic (exact) mass is 296 g/mol. The summed E-state index contributed by atoms with van der Waals surface area (Å²) in [4.78, 5) is 24.2. The van der Waals surface area contributed by atoms with E-state index in [1.165, 1.54) is 4.57 Å². The summed E-state index contributed by atoms with van der Waals surface area (Å²) in [6.07, 6.45) is 5.35. The van der Waals surface area contributed by atoms with E-state index < -0.39 is 5.41 Å². The Kier molecular flexibility index (Phi) is 4.09. The normalized spacial score (nSPS) is 11.2. The Hall–Kier alpha value is -2.54. The standard InChI is InChI=1S/C18H20N2O2/c1-6-9-20-15-11-13(19-17(22)18(3,4)5)7-8-14(15)12(2)10-16(20)21/h1,7-8,10-11H,9H2,2-5H3,(H,19,22). The van der Waals surface area contributed by atoms with E-state index >= 15 is 0 Å². The van der Waals surface area contributed by atoms with E-state index in [0.717, 1.165) is 16.5 Å². The first-order valence-corrected chi connectivity index (χ1v) is 7.13. The molecule has 0 saturated heterocycles. The molecule has 114 valence electrons. The van der Waals surface area contributed by atoms with Gasteiger partial charge in [0.05, 0.1) is 12.1 Å². The average molecular weight is 296 g/mol. The predicted octanol–water partition coefficient (Wildman–Crippen LogP) is 2.93. The van der Waals surface area contributed by atoms with E-state index in [4.69, 9.17) is 6.42 Å². The summed E-state index contributed by atoms with van der Waals surface area (Å²) in [5.74, 6) is 2.42. The smallest absolute Gasteiger partial charge is 0.252 e. The molecular formula is C18H20N2O2. The minimum absolute atomic E-state index is 0.0784. The second-order valence-corrected chi connectivity index (χ2v) is 6.39. The lowest BCUT2D eigenvalue weighted by atomic mass is 9.95. The van der Waals surface area contributed by atoms with Crippen molar-refractivity contribution >= 4 is 22.5 Å². The van der Waals surface area contributed by atoms with Crippen molar-refractivity contribution in [2.75, 3.05) is 5.32 Å². The van der Waals surface area contributed by atoms with E-state index in [2.05, 4.69) is 11.2 Å². The van der Waals surface area contributed by atoms with Crippen molar-refractivity contribution in [1.29, 1.82) is 0 Å². The molecular weight excluding hydrogens is 276 g/mol. The number of rotatable bonds is 2. The van der Waals surface area contributed by atoms with Crippen molar-refractivity contribution in [1.82, 2.24) is 4.57 Å². The predicted molar refractivity (Wildman–Crippen MR) is 89.9 cm³/mol. The van der Waals surface area contributed by atoms with E-state index in [0.29, 0.717) is 5.69 Å². The number of benzene rings is 1. The number of pyridine rings is 1. The Morgan fingerprint density at radius 3 is 2.59 bits per heavy atom. The summed E-state index contributed by atoms with van der Waals surface area (Å²) < 4.78 is 1.54. The molecule has 0 unspecified atom stereocenters. The number of aromatic nitrogens is 1. The molecule has 4 heteroatoms. The molecule has 0 bridgehead atoms. The largest absolute Gasteiger partial charge is 0.326 e. The van der Waals surface area contributed by atoms with Crippen molar-refractivity contribution in [2.24, 2.45) is 5.41 Å². The maximum atomic E-state index is 12.1.